The minimum Gasteiger partial charge on any atom is -0.327 e. The summed E-state index contributed by atoms with van der Waals surface area (Å²) in [5.74, 6) is 1.34. The summed E-state index contributed by atoms with van der Waals surface area (Å²) in [5.41, 5.74) is 6.20. The van der Waals surface area contributed by atoms with Crippen LogP contribution in [0.5, 0.6) is 0 Å². The van der Waals surface area contributed by atoms with E-state index < -0.39 is 0 Å². The fourth-order valence-corrected chi connectivity index (χ4v) is 3.64. The van der Waals surface area contributed by atoms with Crippen molar-refractivity contribution < 1.29 is 0 Å². The molecule has 0 aliphatic carbocycles. The first-order valence-electron chi connectivity index (χ1n) is 6.71. The maximum atomic E-state index is 6.20. The quantitative estimate of drug-likeness (QED) is 0.638. The van der Waals surface area contributed by atoms with Crippen LogP contribution < -0.4 is 5.73 Å². The van der Waals surface area contributed by atoms with Crippen LogP contribution in [-0.4, -0.2) is 17.0 Å². The number of rotatable bonds is 8. The van der Waals surface area contributed by atoms with Gasteiger partial charge in [0.2, 0.25) is 0 Å². The molecule has 0 saturated carbocycles. The van der Waals surface area contributed by atoms with E-state index in [-0.39, 0.29) is 0 Å². The summed E-state index contributed by atoms with van der Waals surface area (Å²) in [7, 11) is 0. The Morgan fingerprint density at radius 3 is 2.60 bits per heavy atom. The molecule has 2 N–H and O–H groups in total. The number of thioether (sulfide) groups is 1. The van der Waals surface area contributed by atoms with E-state index in [9.17, 15) is 0 Å². The average Bonchev–Trinajstić information content (AvgIpc) is 2.76. The van der Waals surface area contributed by atoms with Crippen LogP contribution in [0.1, 0.15) is 64.7 Å². The minimum absolute atomic E-state index is 0.476. The highest BCUT2D eigenvalue weighted by atomic mass is 32.2. The molecule has 0 radical (unpaired) electrons. The fraction of sp³-hybridized carbons (Fsp3) is 1.00. The summed E-state index contributed by atoms with van der Waals surface area (Å²) in [6.07, 6.45) is 12.3. The highest BCUT2D eigenvalue weighted by Gasteiger charge is 2.21. The van der Waals surface area contributed by atoms with Crippen LogP contribution in [0.3, 0.4) is 0 Å². The van der Waals surface area contributed by atoms with Crippen LogP contribution in [0.2, 0.25) is 0 Å². The Hall–Kier alpha value is 0.310. The zero-order valence-corrected chi connectivity index (χ0v) is 11.0. The van der Waals surface area contributed by atoms with Gasteiger partial charge in [0.15, 0.2) is 0 Å². The number of hydrogen-bond acceptors (Lipinski definition) is 2. The van der Waals surface area contributed by atoms with E-state index in [1.807, 2.05) is 0 Å². The molecule has 0 aromatic rings. The van der Waals surface area contributed by atoms with Gasteiger partial charge in [-0.15, -0.1) is 0 Å². The van der Waals surface area contributed by atoms with Crippen molar-refractivity contribution in [3.63, 3.8) is 0 Å². The second kappa shape index (κ2) is 8.46. The van der Waals surface area contributed by atoms with Gasteiger partial charge in [-0.05, 0) is 25.0 Å². The second-order valence-electron chi connectivity index (χ2n) is 4.77. The molecule has 0 amide bonds. The molecular weight excluding hydrogens is 202 g/mol. The minimum atomic E-state index is 0.476. The third-order valence-electron chi connectivity index (χ3n) is 3.33. The molecule has 0 aromatic carbocycles. The van der Waals surface area contributed by atoms with E-state index in [1.165, 1.54) is 63.5 Å². The molecule has 1 heterocycles. The Labute approximate surface area is 99.6 Å². The molecule has 90 valence electrons. The third kappa shape index (κ3) is 5.82. The van der Waals surface area contributed by atoms with Gasteiger partial charge >= 0.3 is 0 Å². The summed E-state index contributed by atoms with van der Waals surface area (Å²) in [6.45, 7) is 2.27. The lowest BCUT2D eigenvalue weighted by atomic mass is 10.0. The summed E-state index contributed by atoms with van der Waals surface area (Å²) in [5, 5.41) is 0.778. The molecule has 0 bridgehead atoms. The summed E-state index contributed by atoms with van der Waals surface area (Å²) in [4.78, 5) is 0. The Morgan fingerprint density at radius 2 is 1.93 bits per heavy atom. The molecule has 1 rings (SSSR count). The molecule has 1 aliphatic heterocycles. The Balaban J connectivity index is 1.90. The fourth-order valence-electron chi connectivity index (χ4n) is 2.29. The Morgan fingerprint density at radius 1 is 1.20 bits per heavy atom. The second-order valence-corrected chi connectivity index (χ2v) is 6.12. The van der Waals surface area contributed by atoms with Crippen LogP contribution in [0.15, 0.2) is 0 Å². The van der Waals surface area contributed by atoms with Crippen molar-refractivity contribution in [1.82, 2.24) is 0 Å². The lowest BCUT2D eigenvalue weighted by Gasteiger charge is -2.17. The van der Waals surface area contributed by atoms with Crippen LogP contribution in [0, 0.1) is 0 Å². The molecule has 1 nitrogen and oxygen atoms in total. The van der Waals surface area contributed by atoms with Crippen LogP contribution in [0.25, 0.3) is 0 Å². The molecule has 2 unspecified atom stereocenters. The lowest BCUT2D eigenvalue weighted by molar-refractivity contribution is 0.515. The summed E-state index contributed by atoms with van der Waals surface area (Å²) < 4.78 is 0. The van der Waals surface area contributed by atoms with Crippen LogP contribution >= 0.6 is 11.8 Å². The van der Waals surface area contributed by atoms with E-state index in [0.29, 0.717) is 6.04 Å². The summed E-state index contributed by atoms with van der Waals surface area (Å²) >= 11 is 2.10. The van der Waals surface area contributed by atoms with E-state index in [0.717, 1.165) is 5.25 Å². The normalized spacial score (nSPS) is 23.2. The van der Waals surface area contributed by atoms with Gasteiger partial charge in [-0.2, -0.15) is 11.8 Å². The van der Waals surface area contributed by atoms with Crippen molar-refractivity contribution >= 4 is 11.8 Å². The van der Waals surface area contributed by atoms with Crippen molar-refractivity contribution in [3.8, 4) is 0 Å². The highest BCUT2D eigenvalue weighted by Crippen LogP contribution is 2.29. The predicted molar refractivity (Wildman–Crippen MR) is 71.4 cm³/mol. The van der Waals surface area contributed by atoms with E-state index in [2.05, 4.69) is 18.7 Å². The van der Waals surface area contributed by atoms with Crippen molar-refractivity contribution in [2.45, 2.75) is 76.0 Å². The molecule has 15 heavy (non-hydrogen) atoms. The molecule has 2 heteroatoms. The Kier molecular flexibility index (Phi) is 7.54. The molecule has 0 spiro atoms. The zero-order chi connectivity index (χ0) is 10.9. The molecule has 1 fully saturated rings. The van der Waals surface area contributed by atoms with Gasteiger partial charge in [0.25, 0.3) is 0 Å². The van der Waals surface area contributed by atoms with Gasteiger partial charge in [0, 0.05) is 11.3 Å². The maximum absolute atomic E-state index is 6.20. The highest BCUT2D eigenvalue weighted by molar-refractivity contribution is 8.00. The topological polar surface area (TPSA) is 26.0 Å². The predicted octanol–water partition coefficient (Wildman–Crippen LogP) is 3.96. The van der Waals surface area contributed by atoms with Gasteiger partial charge < -0.3 is 5.73 Å². The molecule has 2 atom stereocenters. The maximum Gasteiger partial charge on any atom is 0.0199 e. The van der Waals surface area contributed by atoms with Crippen molar-refractivity contribution in [2.75, 3.05) is 5.75 Å². The third-order valence-corrected chi connectivity index (χ3v) is 4.87. The van der Waals surface area contributed by atoms with E-state index in [4.69, 9.17) is 5.73 Å². The van der Waals surface area contributed by atoms with Gasteiger partial charge in [0.05, 0.1) is 0 Å². The summed E-state index contributed by atoms with van der Waals surface area (Å²) in [6, 6.07) is 0.476. The van der Waals surface area contributed by atoms with Crippen LogP contribution in [0.4, 0.5) is 0 Å². The van der Waals surface area contributed by atoms with Gasteiger partial charge in [-0.1, -0.05) is 45.4 Å². The standard InChI is InChI=1S/C13H27NS/c1-2-3-4-5-6-7-9-12(14)13-10-8-11-15-13/h12-13H,2-11,14H2,1H3. The van der Waals surface area contributed by atoms with Gasteiger partial charge in [-0.25, -0.2) is 0 Å². The SMILES string of the molecule is CCCCCCCCC(N)C1CCCS1. The Bertz CT molecular complexity index is 143. The first-order chi connectivity index (χ1) is 7.34. The number of hydrogen-bond donors (Lipinski definition) is 1. The van der Waals surface area contributed by atoms with Crippen molar-refractivity contribution in [3.05, 3.63) is 0 Å². The largest absolute Gasteiger partial charge is 0.327 e. The zero-order valence-electron chi connectivity index (χ0n) is 10.2. The van der Waals surface area contributed by atoms with Gasteiger partial charge in [-0.3, -0.25) is 0 Å². The average molecular weight is 229 g/mol. The van der Waals surface area contributed by atoms with E-state index in [1.54, 1.807) is 0 Å². The monoisotopic (exact) mass is 229 g/mol. The molecule has 1 saturated heterocycles. The van der Waals surface area contributed by atoms with Crippen molar-refractivity contribution in [1.29, 1.82) is 0 Å². The number of nitrogens with two attached hydrogens (primary N) is 1. The number of unbranched alkanes of at least 4 members (excludes halogenated alkanes) is 5. The molecule has 0 aromatic heterocycles. The smallest absolute Gasteiger partial charge is 0.0199 e. The van der Waals surface area contributed by atoms with Crippen LogP contribution in [-0.2, 0) is 0 Å². The first kappa shape index (κ1) is 13.4. The molecule has 1 aliphatic rings. The van der Waals surface area contributed by atoms with E-state index >= 15 is 0 Å². The first-order valence-corrected chi connectivity index (χ1v) is 7.76. The van der Waals surface area contributed by atoms with Crippen molar-refractivity contribution in [2.24, 2.45) is 5.73 Å². The molecular formula is C13H27NS. The van der Waals surface area contributed by atoms with Gasteiger partial charge in [0.1, 0.15) is 0 Å². The lowest BCUT2D eigenvalue weighted by Crippen LogP contribution is -2.30.